The zero-order valence-electron chi connectivity index (χ0n) is 21.6. The van der Waals surface area contributed by atoms with E-state index < -0.39 is 0 Å². The third-order valence-corrected chi connectivity index (χ3v) is 8.08. The summed E-state index contributed by atoms with van der Waals surface area (Å²) in [7, 11) is 0. The lowest BCUT2D eigenvalue weighted by molar-refractivity contribution is 0.827. The van der Waals surface area contributed by atoms with Crippen LogP contribution in [0.25, 0.3) is 76.6 Å². The quantitative estimate of drug-likeness (QED) is 0.227. The van der Waals surface area contributed by atoms with E-state index in [1.807, 2.05) is 12.4 Å². The molecular weight excluding hydrogens is 474 g/mol. The van der Waals surface area contributed by atoms with Crippen molar-refractivity contribution in [2.24, 2.45) is 0 Å². The molecule has 3 nitrogen and oxygen atoms in total. The van der Waals surface area contributed by atoms with E-state index in [9.17, 15) is 0 Å². The molecule has 0 amide bonds. The molecule has 2 heterocycles. The maximum Gasteiger partial charge on any atom is 0.159 e. The summed E-state index contributed by atoms with van der Waals surface area (Å²) in [5.74, 6) is 0.751. The van der Waals surface area contributed by atoms with Crippen LogP contribution in [0.5, 0.6) is 0 Å². The van der Waals surface area contributed by atoms with Crippen molar-refractivity contribution in [3.05, 3.63) is 122 Å². The Morgan fingerprint density at radius 3 is 1.74 bits per heavy atom. The predicted molar refractivity (Wildman–Crippen MR) is 164 cm³/mol. The van der Waals surface area contributed by atoms with Gasteiger partial charge in [-0.2, -0.15) is 0 Å². The molecule has 0 fully saturated rings. The van der Waals surface area contributed by atoms with Gasteiger partial charge in [0.05, 0.1) is 0 Å². The van der Waals surface area contributed by atoms with E-state index in [0.717, 1.165) is 29.1 Å². The summed E-state index contributed by atoms with van der Waals surface area (Å²) >= 11 is 0. The minimum absolute atomic E-state index is 0.751. The number of hydrogen-bond acceptors (Lipinski definition) is 2. The summed E-state index contributed by atoms with van der Waals surface area (Å²) < 4.78 is 2.37. The van der Waals surface area contributed by atoms with Gasteiger partial charge in [-0.3, -0.25) is 0 Å². The third-order valence-electron chi connectivity index (χ3n) is 8.08. The summed E-state index contributed by atoms with van der Waals surface area (Å²) in [6.45, 7) is 3.11. The van der Waals surface area contributed by atoms with Crippen LogP contribution in [0.1, 0.15) is 6.92 Å². The van der Waals surface area contributed by atoms with Gasteiger partial charge in [-0.15, -0.1) is 0 Å². The van der Waals surface area contributed by atoms with Crippen LogP contribution in [0.4, 0.5) is 0 Å². The molecule has 0 bridgehead atoms. The van der Waals surface area contributed by atoms with Crippen molar-refractivity contribution in [2.45, 2.75) is 13.5 Å². The molecule has 0 saturated carbocycles. The average molecular weight is 500 g/mol. The van der Waals surface area contributed by atoms with Crippen LogP contribution < -0.4 is 0 Å². The highest BCUT2D eigenvalue weighted by molar-refractivity contribution is 6.25. The molecule has 0 spiro atoms. The summed E-state index contributed by atoms with van der Waals surface area (Å²) in [6, 6.07) is 39.1. The summed E-state index contributed by atoms with van der Waals surface area (Å²) in [5, 5.41) is 10.1. The molecular formula is C36H25N3. The van der Waals surface area contributed by atoms with Crippen molar-refractivity contribution in [1.29, 1.82) is 0 Å². The Labute approximate surface area is 226 Å². The first kappa shape index (κ1) is 22.0. The fourth-order valence-electron chi connectivity index (χ4n) is 6.33. The van der Waals surface area contributed by atoms with Crippen molar-refractivity contribution in [3.63, 3.8) is 0 Å². The van der Waals surface area contributed by atoms with Gasteiger partial charge >= 0.3 is 0 Å². The van der Waals surface area contributed by atoms with Crippen LogP contribution in [0.3, 0.4) is 0 Å². The smallest absolute Gasteiger partial charge is 0.159 e. The van der Waals surface area contributed by atoms with Gasteiger partial charge in [0.15, 0.2) is 5.82 Å². The van der Waals surface area contributed by atoms with Gasteiger partial charge in [0.25, 0.3) is 0 Å². The first-order valence-corrected chi connectivity index (χ1v) is 13.5. The fourth-order valence-corrected chi connectivity index (χ4v) is 6.33. The van der Waals surface area contributed by atoms with Crippen LogP contribution in [-0.4, -0.2) is 14.5 Å². The van der Waals surface area contributed by atoms with Crippen molar-refractivity contribution < 1.29 is 0 Å². The number of aryl methyl sites for hydroxylation is 1. The van der Waals surface area contributed by atoms with Gasteiger partial charge in [0, 0.05) is 51.9 Å². The molecule has 0 saturated heterocycles. The normalized spacial score (nSPS) is 11.8. The minimum atomic E-state index is 0.751. The zero-order chi connectivity index (χ0) is 25.9. The Hall–Kier alpha value is -5.02. The molecule has 8 aromatic rings. The van der Waals surface area contributed by atoms with E-state index in [4.69, 9.17) is 9.97 Å². The van der Waals surface area contributed by atoms with Crippen LogP contribution in [-0.2, 0) is 6.54 Å². The number of benzene rings is 6. The Morgan fingerprint density at radius 1 is 0.513 bits per heavy atom. The largest absolute Gasteiger partial charge is 0.341 e. The van der Waals surface area contributed by atoms with E-state index in [1.54, 1.807) is 0 Å². The topological polar surface area (TPSA) is 30.7 Å². The molecule has 8 rings (SSSR count). The summed E-state index contributed by atoms with van der Waals surface area (Å²) in [5.41, 5.74) is 5.67. The van der Waals surface area contributed by atoms with Gasteiger partial charge in [-0.05, 0) is 63.0 Å². The van der Waals surface area contributed by atoms with Gasteiger partial charge in [-0.1, -0.05) is 91.0 Å². The Bertz CT molecular complexity index is 2170. The van der Waals surface area contributed by atoms with E-state index >= 15 is 0 Å². The highest BCUT2D eigenvalue weighted by Crippen LogP contribution is 2.38. The Kier molecular flexibility index (Phi) is 4.80. The molecule has 0 aliphatic rings. The summed E-state index contributed by atoms with van der Waals surface area (Å²) in [6.07, 6.45) is 3.93. The molecule has 39 heavy (non-hydrogen) atoms. The minimum Gasteiger partial charge on any atom is -0.341 e. The van der Waals surface area contributed by atoms with Crippen molar-refractivity contribution >= 4 is 54.1 Å². The Morgan fingerprint density at radius 2 is 1.08 bits per heavy atom. The second kappa shape index (κ2) is 8.50. The number of rotatable bonds is 3. The number of para-hydroxylation sites is 1. The van der Waals surface area contributed by atoms with E-state index in [2.05, 4.69) is 121 Å². The lowest BCUT2D eigenvalue weighted by atomic mass is 9.92. The monoisotopic (exact) mass is 499 g/mol. The van der Waals surface area contributed by atoms with Crippen LogP contribution in [0.15, 0.2) is 122 Å². The van der Waals surface area contributed by atoms with Gasteiger partial charge in [-0.25, -0.2) is 9.97 Å². The fraction of sp³-hybridized carbons (Fsp3) is 0.0556. The maximum atomic E-state index is 4.89. The predicted octanol–water partition coefficient (Wildman–Crippen LogP) is 9.40. The molecule has 0 radical (unpaired) electrons. The van der Waals surface area contributed by atoms with E-state index in [-0.39, 0.29) is 0 Å². The van der Waals surface area contributed by atoms with Gasteiger partial charge < -0.3 is 4.57 Å². The number of fused-ring (bicyclic) bond motifs is 9. The Balaban J connectivity index is 1.29. The molecule has 0 aliphatic heterocycles. The SMILES string of the molecule is CCn1c2ccccc2c2c(-c3ncc(-c4ccc5c6ccccc6c6ccccc6c5c4)cn3)cccc21. The molecule has 6 aromatic carbocycles. The lowest BCUT2D eigenvalue weighted by Gasteiger charge is -2.12. The van der Waals surface area contributed by atoms with E-state index in [0.29, 0.717) is 0 Å². The number of aromatic nitrogens is 3. The standard InChI is InChI=1S/C36H25N3/c1-2-39-33-16-8-7-14-30(33)35-31(15-9-17-34(35)39)36-37-21-24(22-38-36)23-18-19-29-27-12-4-3-10-25(27)26-11-5-6-13-28(26)32(29)20-23/h3-22H,2H2,1H3. The van der Waals surface area contributed by atoms with Gasteiger partial charge in [0.2, 0.25) is 0 Å². The number of hydrogen-bond donors (Lipinski definition) is 0. The van der Waals surface area contributed by atoms with Crippen molar-refractivity contribution in [3.8, 4) is 22.5 Å². The van der Waals surface area contributed by atoms with Crippen LogP contribution >= 0.6 is 0 Å². The highest BCUT2D eigenvalue weighted by Gasteiger charge is 2.16. The first-order chi connectivity index (χ1) is 19.3. The molecule has 0 atom stereocenters. The third kappa shape index (κ3) is 3.23. The molecule has 3 heteroatoms. The second-order valence-electron chi connectivity index (χ2n) is 10.1. The number of nitrogens with zero attached hydrogens (tertiary/aromatic N) is 3. The molecule has 2 aromatic heterocycles. The molecule has 0 unspecified atom stereocenters. The van der Waals surface area contributed by atoms with Crippen molar-refractivity contribution in [2.75, 3.05) is 0 Å². The zero-order valence-corrected chi connectivity index (χ0v) is 21.6. The van der Waals surface area contributed by atoms with Crippen LogP contribution in [0.2, 0.25) is 0 Å². The molecule has 184 valence electrons. The molecule has 0 aliphatic carbocycles. The first-order valence-electron chi connectivity index (χ1n) is 13.5. The van der Waals surface area contributed by atoms with Crippen molar-refractivity contribution in [1.82, 2.24) is 14.5 Å². The lowest BCUT2D eigenvalue weighted by Crippen LogP contribution is -1.94. The van der Waals surface area contributed by atoms with Gasteiger partial charge in [0.1, 0.15) is 0 Å². The second-order valence-corrected chi connectivity index (χ2v) is 10.1. The van der Waals surface area contributed by atoms with Crippen LogP contribution in [0, 0.1) is 0 Å². The highest BCUT2D eigenvalue weighted by atomic mass is 15.0. The summed E-state index contributed by atoms with van der Waals surface area (Å²) in [4.78, 5) is 9.78. The molecule has 0 N–H and O–H groups in total. The maximum absolute atomic E-state index is 4.89. The average Bonchev–Trinajstić information content (AvgIpc) is 3.35. The van der Waals surface area contributed by atoms with E-state index in [1.165, 1.54) is 54.1 Å².